The molecule has 3 nitrogen and oxygen atoms in total. The maximum atomic E-state index is 10.8. The van der Waals surface area contributed by atoms with Crippen LogP contribution in [0, 0.1) is 6.07 Å². The molecule has 0 aliphatic heterocycles. The van der Waals surface area contributed by atoms with Crippen molar-refractivity contribution in [2.75, 3.05) is 18.6 Å². The van der Waals surface area contributed by atoms with Crippen LogP contribution in [0.4, 0.5) is 0 Å². The van der Waals surface area contributed by atoms with Crippen molar-refractivity contribution in [3.63, 3.8) is 0 Å². The van der Waals surface area contributed by atoms with Crippen molar-refractivity contribution in [1.82, 2.24) is 0 Å². The van der Waals surface area contributed by atoms with E-state index in [0.29, 0.717) is 13.0 Å². The van der Waals surface area contributed by atoms with Gasteiger partial charge in [0.05, 0.1) is 12.4 Å². The van der Waals surface area contributed by atoms with E-state index < -0.39 is 9.84 Å². The Bertz CT molecular complexity index is 356. The Morgan fingerprint density at radius 1 is 1.36 bits per heavy atom. The minimum atomic E-state index is -2.86. The van der Waals surface area contributed by atoms with Gasteiger partial charge in [0.15, 0.2) is 0 Å². The molecule has 0 aliphatic carbocycles. The SMILES string of the molecule is CS(=O)(=O)CCCOc1cc[c]cc1. The molecule has 1 aromatic rings. The van der Waals surface area contributed by atoms with E-state index in [0.717, 1.165) is 5.75 Å². The van der Waals surface area contributed by atoms with Gasteiger partial charge in [-0.1, -0.05) is 12.1 Å². The number of rotatable bonds is 5. The first kappa shape index (κ1) is 11.0. The van der Waals surface area contributed by atoms with E-state index >= 15 is 0 Å². The van der Waals surface area contributed by atoms with Gasteiger partial charge in [-0.05, 0) is 24.6 Å². The predicted molar refractivity (Wildman–Crippen MR) is 55.1 cm³/mol. The normalized spacial score (nSPS) is 11.2. The van der Waals surface area contributed by atoms with Gasteiger partial charge in [-0.3, -0.25) is 0 Å². The largest absolute Gasteiger partial charge is 0.494 e. The van der Waals surface area contributed by atoms with Crippen molar-refractivity contribution >= 4 is 9.84 Å². The molecule has 0 saturated heterocycles. The minimum absolute atomic E-state index is 0.173. The van der Waals surface area contributed by atoms with Crippen LogP contribution in [0.1, 0.15) is 6.42 Å². The van der Waals surface area contributed by atoms with Crippen LogP contribution in [-0.4, -0.2) is 27.0 Å². The van der Waals surface area contributed by atoms with Gasteiger partial charge in [-0.2, -0.15) is 0 Å². The Morgan fingerprint density at radius 2 is 2.00 bits per heavy atom. The molecule has 0 bridgehead atoms. The lowest BCUT2D eigenvalue weighted by Crippen LogP contribution is -2.07. The molecule has 1 aromatic carbocycles. The highest BCUT2D eigenvalue weighted by atomic mass is 32.2. The van der Waals surface area contributed by atoms with Crippen molar-refractivity contribution in [3.8, 4) is 5.75 Å². The summed E-state index contributed by atoms with van der Waals surface area (Å²) in [6, 6.07) is 9.97. The smallest absolute Gasteiger partial charge is 0.147 e. The summed E-state index contributed by atoms with van der Waals surface area (Å²) in [6.45, 7) is 0.428. The van der Waals surface area contributed by atoms with Gasteiger partial charge in [0, 0.05) is 6.26 Å². The van der Waals surface area contributed by atoms with Crippen LogP contribution in [0.25, 0.3) is 0 Å². The van der Waals surface area contributed by atoms with Crippen molar-refractivity contribution in [3.05, 3.63) is 30.3 Å². The lowest BCUT2D eigenvalue weighted by Gasteiger charge is -2.04. The van der Waals surface area contributed by atoms with Crippen LogP contribution in [-0.2, 0) is 9.84 Å². The summed E-state index contributed by atoms with van der Waals surface area (Å²) in [4.78, 5) is 0. The van der Waals surface area contributed by atoms with Gasteiger partial charge in [-0.15, -0.1) is 0 Å². The van der Waals surface area contributed by atoms with E-state index in [4.69, 9.17) is 4.74 Å². The van der Waals surface area contributed by atoms with Gasteiger partial charge < -0.3 is 4.74 Å². The lowest BCUT2D eigenvalue weighted by atomic mass is 10.3. The molecular formula is C10H13O3S. The van der Waals surface area contributed by atoms with Gasteiger partial charge in [0.1, 0.15) is 15.6 Å². The molecule has 0 unspecified atom stereocenters. The van der Waals surface area contributed by atoms with Gasteiger partial charge in [-0.25, -0.2) is 8.42 Å². The molecule has 0 N–H and O–H groups in total. The third-order valence-electron chi connectivity index (χ3n) is 1.62. The highest BCUT2D eigenvalue weighted by Crippen LogP contribution is 2.08. The molecule has 0 aromatic heterocycles. The maximum Gasteiger partial charge on any atom is 0.147 e. The molecule has 0 atom stereocenters. The molecule has 0 spiro atoms. The Hall–Kier alpha value is -1.03. The van der Waals surface area contributed by atoms with Crippen LogP contribution >= 0.6 is 0 Å². The second-order valence-electron chi connectivity index (χ2n) is 3.07. The zero-order valence-corrected chi connectivity index (χ0v) is 8.88. The van der Waals surface area contributed by atoms with E-state index in [1.165, 1.54) is 6.26 Å². The fourth-order valence-corrected chi connectivity index (χ4v) is 1.62. The van der Waals surface area contributed by atoms with Crippen molar-refractivity contribution in [2.45, 2.75) is 6.42 Å². The third kappa shape index (κ3) is 4.87. The van der Waals surface area contributed by atoms with E-state index in [1.54, 1.807) is 24.3 Å². The fraction of sp³-hybridized carbons (Fsp3) is 0.400. The third-order valence-corrected chi connectivity index (χ3v) is 2.65. The molecule has 1 radical (unpaired) electrons. The summed E-state index contributed by atoms with van der Waals surface area (Å²) in [5, 5.41) is 0. The Kier molecular flexibility index (Phi) is 3.95. The zero-order valence-electron chi connectivity index (χ0n) is 8.06. The first-order chi connectivity index (χ1) is 6.58. The summed E-state index contributed by atoms with van der Waals surface area (Å²) in [5.74, 6) is 0.920. The van der Waals surface area contributed by atoms with Gasteiger partial charge in [0.25, 0.3) is 0 Å². The monoisotopic (exact) mass is 213 g/mol. The molecule has 4 heteroatoms. The Morgan fingerprint density at radius 3 is 2.57 bits per heavy atom. The molecule has 14 heavy (non-hydrogen) atoms. The molecular weight excluding hydrogens is 200 g/mol. The highest BCUT2D eigenvalue weighted by molar-refractivity contribution is 7.90. The zero-order chi connectivity index (χ0) is 10.4. The molecule has 0 aliphatic rings. The average molecular weight is 213 g/mol. The molecule has 0 saturated carbocycles. The molecule has 0 heterocycles. The second-order valence-corrected chi connectivity index (χ2v) is 5.33. The Balaban J connectivity index is 2.23. The van der Waals surface area contributed by atoms with E-state index in [2.05, 4.69) is 6.07 Å². The van der Waals surface area contributed by atoms with E-state index in [1.807, 2.05) is 0 Å². The summed E-state index contributed by atoms with van der Waals surface area (Å²) >= 11 is 0. The van der Waals surface area contributed by atoms with Crippen LogP contribution in [0.5, 0.6) is 5.75 Å². The summed E-state index contributed by atoms with van der Waals surface area (Å²) in [7, 11) is -2.86. The quantitative estimate of drug-likeness (QED) is 0.692. The van der Waals surface area contributed by atoms with Crippen LogP contribution < -0.4 is 4.74 Å². The van der Waals surface area contributed by atoms with Crippen LogP contribution in [0.3, 0.4) is 0 Å². The number of hydrogen-bond acceptors (Lipinski definition) is 3. The topological polar surface area (TPSA) is 43.4 Å². The fourth-order valence-electron chi connectivity index (χ4n) is 0.979. The first-order valence-electron chi connectivity index (χ1n) is 4.34. The van der Waals surface area contributed by atoms with E-state index in [-0.39, 0.29) is 5.75 Å². The molecule has 77 valence electrons. The van der Waals surface area contributed by atoms with Crippen molar-refractivity contribution in [2.24, 2.45) is 0 Å². The average Bonchev–Trinajstić information content (AvgIpc) is 2.13. The van der Waals surface area contributed by atoms with Crippen LogP contribution in [0.2, 0.25) is 0 Å². The summed E-state index contributed by atoms with van der Waals surface area (Å²) < 4.78 is 26.9. The van der Waals surface area contributed by atoms with Gasteiger partial charge in [0.2, 0.25) is 0 Å². The molecule has 1 rings (SSSR count). The Labute approximate surface area is 84.6 Å². The highest BCUT2D eigenvalue weighted by Gasteiger charge is 2.01. The molecule has 0 fully saturated rings. The standard InChI is InChI=1S/C10H13O3S/c1-14(11,12)9-5-8-13-10-6-3-2-4-7-10/h3-4,6-7H,5,8-9H2,1H3. The lowest BCUT2D eigenvalue weighted by molar-refractivity contribution is 0.318. The minimum Gasteiger partial charge on any atom is -0.494 e. The van der Waals surface area contributed by atoms with Crippen molar-refractivity contribution in [1.29, 1.82) is 0 Å². The molecule has 0 amide bonds. The first-order valence-corrected chi connectivity index (χ1v) is 6.40. The number of ether oxygens (including phenoxy) is 1. The van der Waals surface area contributed by atoms with E-state index in [9.17, 15) is 8.42 Å². The number of benzene rings is 1. The van der Waals surface area contributed by atoms with Crippen LogP contribution in [0.15, 0.2) is 24.3 Å². The number of hydrogen-bond donors (Lipinski definition) is 0. The maximum absolute atomic E-state index is 10.8. The van der Waals surface area contributed by atoms with Crippen molar-refractivity contribution < 1.29 is 13.2 Å². The second kappa shape index (κ2) is 5.00. The summed E-state index contributed by atoms with van der Waals surface area (Å²) in [6.07, 6.45) is 1.75. The summed E-state index contributed by atoms with van der Waals surface area (Å²) in [5.41, 5.74) is 0. The predicted octanol–water partition coefficient (Wildman–Crippen LogP) is 1.30. The van der Waals surface area contributed by atoms with Gasteiger partial charge >= 0.3 is 0 Å². The number of sulfone groups is 1.